The van der Waals surface area contributed by atoms with Crippen molar-refractivity contribution in [2.75, 3.05) is 0 Å². The zero-order valence-electron chi connectivity index (χ0n) is 6.50. The first-order valence-corrected chi connectivity index (χ1v) is 3.46. The van der Waals surface area contributed by atoms with Crippen LogP contribution in [0.25, 0.3) is 0 Å². The molecule has 0 unspecified atom stereocenters. The number of H-pyrrole nitrogens is 1. The average molecular weight is 168 g/mol. The molecule has 1 aromatic heterocycles. The highest BCUT2D eigenvalue weighted by atomic mass is 16.4. The number of carboxylic acid groups (broad SMARTS) is 1. The number of aromatic nitrogens is 2. The van der Waals surface area contributed by atoms with E-state index in [4.69, 9.17) is 5.11 Å². The smallest absolute Gasteiger partial charge is 0.354 e. The van der Waals surface area contributed by atoms with Gasteiger partial charge in [0.1, 0.15) is 5.69 Å². The maximum Gasteiger partial charge on any atom is 0.354 e. The van der Waals surface area contributed by atoms with Gasteiger partial charge >= 0.3 is 5.97 Å². The van der Waals surface area contributed by atoms with Gasteiger partial charge in [0.25, 0.3) is 0 Å². The lowest BCUT2D eigenvalue weighted by Crippen LogP contribution is -2.07. The van der Waals surface area contributed by atoms with E-state index in [0.717, 1.165) is 0 Å². The van der Waals surface area contributed by atoms with Crippen LogP contribution in [0, 0.1) is 0 Å². The standard InChI is InChI=1S/C7H8N2O3/c1-2-4(10)5-6(7(11)12)9-3-8-5/h3H,2H2,1H3,(H,8,9)(H,11,12). The molecule has 0 aliphatic rings. The maximum atomic E-state index is 11.1. The Bertz CT molecular complexity index is 316. The van der Waals surface area contributed by atoms with Crippen molar-refractivity contribution in [3.63, 3.8) is 0 Å². The van der Waals surface area contributed by atoms with Crippen molar-refractivity contribution in [1.29, 1.82) is 0 Å². The Morgan fingerprint density at radius 3 is 2.83 bits per heavy atom. The first kappa shape index (κ1) is 8.45. The second kappa shape index (κ2) is 3.17. The van der Waals surface area contributed by atoms with Crippen LogP contribution in [0.2, 0.25) is 0 Å². The molecule has 0 fully saturated rings. The third-order valence-electron chi connectivity index (χ3n) is 1.44. The molecule has 1 aromatic rings. The molecule has 1 rings (SSSR count). The molecule has 0 radical (unpaired) electrons. The van der Waals surface area contributed by atoms with E-state index in [9.17, 15) is 9.59 Å². The SMILES string of the molecule is CCC(=O)c1nc[nH]c1C(=O)O. The van der Waals surface area contributed by atoms with Crippen molar-refractivity contribution < 1.29 is 14.7 Å². The summed E-state index contributed by atoms with van der Waals surface area (Å²) >= 11 is 0. The van der Waals surface area contributed by atoms with Crippen LogP contribution in [0.1, 0.15) is 34.3 Å². The lowest BCUT2D eigenvalue weighted by atomic mass is 10.2. The maximum absolute atomic E-state index is 11.1. The van der Waals surface area contributed by atoms with Gasteiger partial charge in [0, 0.05) is 6.42 Å². The van der Waals surface area contributed by atoms with E-state index < -0.39 is 5.97 Å². The van der Waals surface area contributed by atoms with Gasteiger partial charge in [-0.05, 0) is 0 Å². The molecule has 64 valence electrons. The number of carbonyl (C=O) groups excluding carboxylic acids is 1. The molecule has 0 aliphatic carbocycles. The number of carbonyl (C=O) groups is 2. The topological polar surface area (TPSA) is 83.0 Å². The van der Waals surface area contributed by atoms with Crippen molar-refractivity contribution in [2.24, 2.45) is 0 Å². The number of aromatic amines is 1. The van der Waals surface area contributed by atoms with E-state index in [-0.39, 0.29) is 23.6 Å². The normalized spacial score (nSPS) is 9.75. The minimum Gasteiger partial charge on any atom is -0.477 e. The lowest BCUT2D eigenvalue weighted by Gasteiger charge is -1.92. The fraction of sp³-hybridized carbons (Fsp3) is 0.286. The third kappa shape index (κ3) is 1.34. The van der Waals surface area contributed by atoms with E-state index in [1.807, 2.05) is 0 Å². The number of nitrogens with one attached hydrogen (secondary N) is 1. The Balaban J connectivity index is 3.07. The molecule has 0 amide bonds. The molecule has 0 saturated heterocycles. The number of nitrogens with zero attached hydrogens (tertiary/aromatic N) is 1. The van der Waals surface area contributed by atoms with Gasteiger partial charge in [-0.1, -0.05) is 6.92 Å². The molecular weight excluding hydrogens is 160 g/mol. The largest absolute Gasteiger partial charge is 0.477 e. The van der Waals surface area contributed by atoms with Gasteiger partial charge in [0.05, 0.1) is 6.33 Å². The first-order chi connectivity index (χ1) is 5.66. The highest BCUT2D eigenvalue weighted by Crippen LogP contribution is 2.05. The van der Waals surface area contributed by atoms with Gasteiger partial charge in [-0.2, -0.15) is 0 Å². The number of hydrogen-bond donors (Lipinski definition) is 2. The zero-order valence-corrected chi connectivity index (χ0v) is 6.50. The summed E-state index contributed by atoms with van der Waals surface area (Å²) in [6.45, 7) is 1.66. The second-order valence-electron chi connectivity index (χ2n) is 2.21. The molecule has 1 heterocycles. The van der Waals surface area contributed by atoms with E-state index in [2.05, 4.69) is 9.97 Å². The molecule has 0 spiro atoms. The fourth-order valence-electron chi connectivity index (χ4n) is 0.836. The predicted molar refractivity (Wildman–Crippen MR) is 40.2 cm³/mol. The zero-order chi connectivity index (χ0) is 9.14. The van der Waals surface area contributed by atoms with Crippen molar-refractivity contribution in [2.45, 2.75) is 13.3 Å². The number of hydrogen-bond acceptors (Lipinski definition) is 3. The summed E-state index contributed by atoms with van der Waals surface area (Å²) in [5, 5.41) is 8.58. The molecule has 0 aromatic carbocycles. The Labute approximate surface area is 68.4 Å². The molecule has 2 N–H and O–H groups in total. The van der Waals surface area contributed by atoms with E-state index in [1.165, 1.54) is 6.33 Å². The Morgan fingerprint density at radius 2 is 2.33 bits per heavy atom. The molecule has 5 heteroatoms. The van der Waals surface area contributed by atoms with Crippen molar-refractivity contribution >= 4 is 11.8 Å². The highest BCUT2D eigenvalue weighted by Gasteiger charge is 2.17. The molecule has 0 saturated carbocycles. The van der Waals surface area contributed by atoms with E-state index in [1.54, 1.807) is 6.92 Å². The number of ketones is 1. The van der Waals surface area contributed by atoms with Crippen molar-refractivity contribution in [3.8, 4) is 0 Å². The van der Waals surface area contributed by atoms with E-state index in [0.29, 0.717) is 0 Å². The third-order valence-corrected chi connectivity index (χ3v) is 1.44. The summed E-state index contributed by atoms with van der Waals surface area (Å²) in [6.07, 6.45) is 1.46. The van der Waals surface area contributed by atoms with Crippen LogP contribution in [-0.2, 0) is 0 Å². The van der Waals surface area contributed by atoms with Crippen LogP contribution in [0.15, 0.2) is 6.33 Å². The number of imidazole rings is 1. The monoisotopic (exact) mass is 168 g/mol. The van der Waals surface area contributed by atoms with Crippen LogP contribution < -0.4 is 0 Å². The van der Waals surface area contributed by atoms with Gasteiger partial charge in [0.2, 0.25) is 0 Å². The molecule has 0 aliphatic heterocycles. The quantitative estimate of drug-likeness (QED) is 0.651. The van der Waals surface area contributed by atoms with Gasteiger partial charge in [-0.25, -0.2) is 9.78 Å². The summed E-state index contributed by atoms with van der Waals surface area (Å²) in [6, 6.07) is 0. The minimum absolute atomic E-state index is 0.00463. The van der Waals surface area contributed by atoms with Crippen molar-refractivity contribution in [3.05, 3.63) is 17.7 Å². The van der Waals surface area contributed by atoms with Gasteiger partial charge in [0.15, 0.2) is 11.5 Å². The van der Waals surface area contributed by atoms with Gasteiger partial charge in [-0.15, -0.1) is 0 Å². The van der Waals surface area contributed by atoms with Gasteiger partial charge in [-0.3, -0.25) is 4.79 Å². The average Bonchev–Trinajstić information content (AvgIpc) is 2.50. The Kier molecular flexibility index (Phi) is 2.23. The summed E-state index contributed by atoms with van der Waals surface area (Å²) in [7, 11) is 0. The summed E-state index contributed by atoms with van der Waals surface area (Å²) < 4.78 is 0. The molecular formula is C7H8N2O3. The second-order valence-corrected chi connectivity index (χ2v) is 2.21. The Hall–Kier alpha value is -1.65. The molecule has 12 heavy (non-hydrogen) atoms. The van der Waals surface area contributed by atoms with Crippen LogP contribution in [0.4, 0.5) is 0 Å². The first-order valence-electron chi connectivity index (χ1n) is 3.46. The Morgan fingerprint density at radius 1 is 1.67 bits per heavy atom. The summed E-state index contributed by atoms with van der Waals surface area (Å²) in [4.78, 5) is 27.5. The van der Waals surface area contributed by atoms with Crippen LogP contribution in [0.5, 0.6) is 0 Å². The summed E-state index contributed by atoms with van der Waals surface area (Å²) in [5.74, 6) is -1.43. The highest BCUT2D eigenvalue weighted by molar-refractivity contribution is 6.03. The fourth-order valence-corrected chi connectivity index (χ4v) is 0.836. The molecule has 0 atom stereocenters. The van der Waals surface area contributed by atoms with Crippen molar-refractivity contribution in [1.82, 2.24) is 9.97 Å². The molecule has 5 nitrogen and oxygen atoms in total. The minimum atomic E-state index is -1.16. The number of rotatable bonds is 3. The molecule has 0 bridgehead atoms. The lowest BCUT2D eigenvalue weighted by molar-refractivity contribution is 0.0686. The van der Waals surface area contributed by atoms with Crippen LogP contribution >= 0.6 is 0 Å². The van der Waals surface area contributed by atoms with Crippen LogP contribution in [-0.4, -0.2) is 26.8 Å². The number of Topliss-reactive ketones (excluding diaryl/α,β-unsaturated/α-hetero) is 1. The van der Waals surface area contributed by atoms with Crippen LogP contribution in [0.3, 0.4) is 0 Å². The predicted octanol–water partition coefficient (Wildman–Crippen LogP) is 0.701. The number of carboxylic acids is 1. The van der Waals surface area contributed by atoms with Gasteiger partial charge < -0.3 is 10.1 Å². The summed E-state index contributed by atoms with van der Waals surface area (Å²) in [5.41, 5.74) is -0.133. The van der Waals surface area contributed by atoms with E-state index >= 15 is 0 Å². The number of aromatic carboxylic acids is 1.